The van der Waals surface area contributed by atoms with Crippen LogP contribution in [0, 0.1) is 0 Å². The first-order valence-corrected chi connectivity index (χ1v) is 7.62. The highest BCUT2D eigenvalue weighted by Gasteiger charge is 2.14. The molecule has 0 fully saturated rings. The van der Waals surface area contributed by atoms with Crippen LogP contribution < -0.4 is 16.2 Å². The minimum atomic E-state index is -0.666. The number of amides is 3. The van der Waals surface area contributed by atoms with Gasteiger partial charge in [-0.15, -0.1) is 0 Å². The van der Waals surface area contributed by atoms with Crippen LogP contribution in [0.5, 0.6) is 0 Å². The number of ether oxygens (including phenoxy) is 2. The van der Waals surface area contributed by atoms with E-state index in [1.54, 1.807) is 13.8 Å². The van der Waals surface area contributed by atoms with E-state index in [2.05, 4.69) is 21.2 Å². The Kier molecular flexibility index (Phi) is 8.64. The van der Waals surface area contributed by atoms with Gasteiger partial charge in [-0.05, 0) is 26.0 Å². The number of carbonyl (C=O) groups is 2. The summed E-state index contributed by atoms with van der Waals surface area (Å²) in [6.07, 6.45) is -0.706. The predicted molar refractivity (Wildman–Crippen MR) is 86.2 cm³/mol. The molecule has 0 spiro atoms. The average Bonchev–Trinajstić information content (AvgIpc) is 2.44. The molecule has 1 rings (SSSR count). The second-order valence-corrected chi connectivity index (χ2v) is 4.95. The van der Waals surface area contributed by atoms with Crippen molar-refractivity contribution < 1.29 is 19.1 Å². The maximum absolute atomic E-state index is 11.7. The molecule has 0 aliphatic heterocycles. The highest BCUT2D eigenvalue weighted by Crippen LogP contribution is 2.18. The molecule has 0 bridgehead atoms. The molecule has 0 unspecified atom stereocenters. The van der Waals surface area contributed by atoms with Crippen molar-refractivity contribution in [1.82, 2.24) is 15.8 Å². The van der Waals surface area contributed by atoms with Crippen LogP contribution in [0.3, 0.4) is 0 Å². The quantitative estimate of drug-likeness (QED) is 0.391. The maximum Gasteiger partial charge on any atom is 0.337 e. The Morgan fingerprint density at radius 1 is 1.13 bits per heavy atom. The van der Waals surface area contributed by atoms with E-state index < -0.39 is 18.2 Å². The zero-order valence-electron chi connectivity index (χ0n) is 12.7. The third-order valence-corrected chi connectivity index (χ3v) is 2.78. The number of anilines is 1. The van der Waals surface area contributed by atoms with Gasteiger partial charge in [-0.25, -0.2) is 15.2 Å². The highest BCUT2D eigenvalue weighted by atomic mass is 35.5. The molecule has 3 N–H and O–H groups in total. The van der Waals surface area contributed by atoms with E-state index in [1.165, 1.54) is 12.1 Å². The summed E-state index contributed by atoms with van der Waals surface area (Å²) in [6.45, 7) is 4.41. The first kappa shape index (κ1) is 19.4. The number of carbonyl (C=O) groups excluding carboxylic acids is 2. The number of aromatic nitrogens is 1. The lowest BCUT2D eigenvalue weighted by Crippen LogP contribution is -2.45. The third-order valence-electron chi connectivity index (χ3n) is 2.39. The van der Waals surface area contributed by atoms with Gasteiger partial charge in [0, 0.05) is 18.9 Å². The number of hydrazine groups is 1. The van der Waals surface area contributed by atoms with Crippen molar-refractivity contribution in [3.8, 4) is 0 Å². The maximum atomic E-state index is 11.7. The topological polar surface area (TPSA) is 102 Å². The average molecular weight is 365 g/mol. The van der Waals surface area contributed by atoms with E-state index in [4.69, 9.17) is 32.7 Å². The van der Waals surface area contributed by atoms with Crippen molar-refractivity contribution in [1.29, 1.82) is 0 Å². The number of halogens is 2. The zero-order chi connectivity index (χ0) is 17.2. The monoisotopic (exact) mass is 364 g/mol. The minimum Gasteiger partial charge on any atom is -0.352 e. The van der Waals surface area contributed by atoms with Crippen molar-refractivity contribution >= 4 is 40.8 Å². The summed E-state index contributed by atoms with van der Waals surface area (Å²) in [5.41, 5.74) is 4.77. The molecule has 1 aromatic rings. The number of hydrogen-bond donors (Lipinski definition) is 3. The first-order valence-electron chi connectivity index (χ1n) is 6.86. The molecule has 1 aromatic heterocycles. The van der Waals surface area contributed by atoms with Gasteiger partial charge in [0.05, 0.1) is 6.42 Å². The summed E-state index contributed by atoms with van der Waals surface area (Å²) in [5, 5.41) is 2.71. The largest absolute Gasteiger partial charge is 0.352 e. The van der Waals surface area contributed by atoms with Crippen LogP contribution in [0.2, 0.25) is 10.3 Å². The van der Waals surface area contributed by atoms with Gasteiger partial charge < -0.3 is 14.8 Å². The number of nitrogens with one attached hydrogen (secondary N) is 3. The van der Waals surface area contributed by atoms with Gasteiger partial charge in [0.25, 0.3) is 0 Å². The van der Waals surface area contributed by atoms with E-state index in [1.807, 2.05) is 0 Å². The van der Waals surface area contributed by atoms with Crippen molar-refractivity contribution in [3.05, 3.63) is 22.4 Å². The minimum absolute atomic E-state index is 0.0468. The number of urea groups is 1. The van der Waals surface area contributed by atoms with E-state index in [0.717, 1.165) is 0 Å². The lowest BCUT2D eigenvalue weighted by molar-refractivity contribution is -0.153. The summed E-state index contributed by atoms with van der Waals surface area (Å²) in [7, 11) is 0. The van der Waals surface area contributed by atoms with E-state index >= 15 is 0 Å². The third kappa shape index (κ3) is 7.98. The highest BCUT2D eigenvalue weighted by molar-refractivity contribution is 6.32. The molecule has 0 atom stereocenters. The van der Waals surface area contributed by atoms with E-state index in [9.17, 15) is 9.59 Å². The van der Waals surface area contributed by atoms with Crippen LogP contribution in [0.15, 0.2) is 12.1 Å². The molecule has 23 heavy (non-hydrogen) atoms. The fourth-order valence-corrected chi connectivity index (χ4v) is 2.03. The second kappa shape index (κ2) is 10.2. The van der Waals surface area contributed by atoms with Crippen molar-refractivity contribution in [2.24, 2.45) is 0 Å². The molecule has 0 radical (unpaired) electrons. The second-order valence-electron chi connectivity index (χ2n) is 4.17. The summed E-state index contributed by atoms with van der Waals surface area (Å²) in [6, 6.07) is 2.16. The Morgan fingerprint density at radius 2 is 1.70 bits per heavy atom. The van der Waals surface area contributed by atoms with Crippen molar-refractivity contribution in [2.75, 3.05) is 18.5 Å². The molecule has 0 aliphatic carbocycles. The molecule has 0 aliphatic rings. The molecule has 128 valence electrons. The predicted octanol–water partition coefficient (Wildman–Crippen LogP) is 2.33. The number of nitrogens with zero attached hydrogens (tertiary/aromatic N) is 1. The van der Waals surface area contributed by atoms with Gasteiger partial charge in [-0.3, -0.25) is 10.2 Å². The van der Waals surface area contributed by atoms with Gasteiger partial charge in [0.2, 0.25) is 5.91 Å². The van der Waals surface area contributed by atoms with Gasteiger partial charge >= 0.3 is 6.03 Å². The van der Waals surface area contributed by atoms with Crippen LogP contribution in [-0.4, -0.2) is 36.4 Å². The van der Waals surface area contributed by atoms with Crippen LogP contribution >= 0.6 is 23.2 Å². The standard InChI is InChI=1S/C13H18Cl2N4O4/c1-3-22-12(23-4-2)7-11(20)18-19-13(21)16-8-5-9(14)17-10(15)6-8/h5-6,12H,3-4,7H2,1-2H3,(H,18,20)(H2,16,17,19,21). The number of pyridine rings is 1. The van der Waals surface area contributed by atoms with Gasteiger partial charge in [0.15, 0.2) is 6.29 Å². The van der Waals surface area contributed by atoms with Crippen LogP contribution in [0.25, 0.3) is 0 Å². The normalized spacial score (nSPS) is 10.5. The molecule has 0 saturated heterocycles. The fourth-order valence-electron chi connectivity index (χ4n) is 1.57. The molecular formula is C13H18Cl2N4O4. The zero-order valence-corrected chi connectivity index (χ0v) is 14.2. The molecule has 0 aromatic carbocycles. The SMILES string of the molecule is CCOC(CC(=O)NNC(=O)Nc1cc(Cl)nc(Cl)c1)OCC. The Balaban J connectivity index is 2.41. The Hall–Kier alpha value is -1.61. The summed E-state index contributed by atoms with van der Waals surface area (Å²) >= 11 is 11.4. The fraction of sp³-hybridized carbons (Fsp3) is 0.462. The number of rotatable bonds is 7. The Labute approximate surface area is 143 Å². The van der Waals surface area contributed by atoms with Gasteiger partial charge in [0.1, 0.15) is 10.3 Å². The van der Waals surface area contributed by atoms with Gasteiger partial charge in [-0.2, -0.15) is 0 Å². The lowest BCUT2D eigenvalue weighted by Gasteiger charge is -2.16. The Morgan fingerprint density at radius 3 is 2.22 bits per heavy atom. The van der Waals surface area contributed by atoms with E-state index in [0.29, 0.717) is 18.9 Å². The first-order chi connectivity index (χ1) is 10.9. The van der Waals surface area contributed by atoms with Crippen molar-refractivity contribution in [2.45, 2.75) is 26.6 Å². The molecule has 8 nitrogen and oxygen atoms in total. The van der Waals surface area contributed by atoms with Crippen LogP contribution in [0.4, 0.5) is 10.5 Å². The summed E-state index contributed by atoms with van der Waals surface area (Å²) in [5.74, 6) is -0.460. The smallest absolute Gasteiger partial charge is 0.337 e. The number of hydrogen-bond acceptors (Lipinski definition) is 5. The van der Waals surface area contributed by atoms with Crippen LogP contribution in [-0.2, 0) is 14.3 Å². The lowest BCUT2D eigenvalue weighted by atomic mass is 10.4. The van der Waals surface area contributed by atoms with Crippen molar-refractivity contribution in [3.63, 3.8) is 0 Å². The van der Waals surface area contributed by atoms with E-state index in [-0.39, 0.29) is 16.7 Å². The summed E-state index contributed by atoms with van der Waals surface area (Å²) < 4.78 is 10.5. The molecule has 3 amide bonds. The molecule has 1 heterocycles. The Bertz CT molecular complexity index is 518. The van der Waals surface area contributed by atoms with Gasteiger partial charge in [-0.1, -0.05) is 23.2 Å². The molecule has 10 heteroatoms. The van der Waals surface area contributed by atoms with Crippen LogP contribution in [0.1, 0.15) is 20.3 Å². The molecular weight excluding hydrogens is 347 g/mol. The molecule has 0 saturated carbocycles. The summed E-state index contributed by atoms with van der Waals surface area (Å²) in [4.78, 5) is 27.1.